The molecule has 0 heterocycles. The smallest absolute Gasteiger partial charge is 0.306 e. The van der Waals surface area contributed by atoms with Crippen molar-refractivity contribution in [1.29, 1.82) is 0 Å². The molecule has 0 rings (SSSR count). The Balaban J connectivity index is 4.19. The van der Waals surface area contributed by atoms with Crippen LogP contribution in [0.15, 0.2) is 97.2 Å². The van der Waals surface area contributed by atoms with E-state index in [0.29, 0.717) is 17.4 Å². The van der Waals surface area contributed by atoms with Crippen LogP contribution in [0, 0.1) is 0 Å². The molecule has 10 heteroatoms. The molecular formula is C64H112NO8P. The first kappa shape index (κ1) is 70.9. The third-order valence-corrected chi connectivity index (χ3v) is 13.6. The second-order valence-electron chi connectivity index (χ2n) is 21.0. The normalized spacial score (nSPS) is 14.0. The topological polar surface area (TPSA) is 111 Å². The van der Waals surface area contributed by atoms with E-state index >= 15 is 0 Å². The monoisotopic (exact) mass is 1050 g/mol. The summed E-state index contributed by atoms with van der Waals surface area (Å²) in [5, 5.41) is 0. The number of hydrogen-bond acceptors (Lipinski definition) is 8. The SMILES string of the molecule is CC/C=C\C/C=C\C/C=C\C/C=C\C/C=C\CCCCCCCCCCCCCC(=O)OC(COC(=O)CCCCCCCCCC/C=C\C/C=C\C/C=C\CCCCCCC)COP(=O)([O-])OCC[N+](C)(C)C. The fraction of sp³-hybridized carbons (Fsp3) is 0.719. The van der Waals surface area contributed by atoms with Gasteiger partial charge >= 0.3 is 11.9 Å². The Morgan fingerprint density at radius 3 is 1.15 bits per heavy atom. The van der Waals surface area contributed by atoms with Gasteiger partial charge in [0.1, 0.15) is 19.8 Å². The number of phosphoric acid groups is 1. The van der Waals surface area contributed by atoms with Crippen LogP contribution in [0.1, 0.15) is 245 Å². The van der Waals surface area contributed by atoms with Gasteiger partial charge in [-0.3, -0.25) is 14.2 Å². The summed E-state index contributed by atoms with van der Waals surface area (Å²) in [6, 6.07) is 0. The van der Waals surface area contributed by atoms with Gasteiger partial charge in [0.2, 0.25) is 0 Å². The van der Waals surface area contributed by atoms with Crippen molar-refractivity contribution in [2.45, 2.75) is 251 Å². The van der Waals surface area contributed by atoms with E-state index in [4.69, 9.17) is 18.5 Å². The number of hydrogen-bond donors (Lipinski definition) is 0. The molecule has 0 aromatic rings. The molecule has 0 aliphatic carbocycles. The van der Waals surface area contributed by atoms with Crippen molar-refractivity contribution in [2.24, 2.45) is 0 Å². The average Bonchev–Trinajstić information content (AvgIpc) is 3.36. The predicted octanol–water partition coefficient (Wildman–Crippen LogP) is 18.2. The zero-order valence-corrected chi connectivity index (χ0v) is 49.2. The second kappa shape index (κ2) is 54.7. The van der Waals surface area contributed by atoms with E-state index in [-0.39, 0.29) is 26.1 Å². The van der Waals surface area contributed by atoms with Crippen molar-refractivity contribution in [1.82, 2.24) is 0 Å². The zero-order chi connectivity index (χ0) is 54.2. The summed E-state index contributed by atoms with van der Waals surface area (Å²) in [4.78, 5) is 37.9. The van der Waals surface area contributed by atoms with Crippen molar-refractivity contribution >= 4 is 19.8 Å². The summed E-state index contributed by atoms with van der Waals surface area (Å²) in [7, 11) is 1.15. The lowest BCUT2D eigenvalue weighted by molar-refractivity contribution is -0.870. The molecule has 0 aromatic carbocycles. The van der Waals surface area contributed by atoms with Crippen molar-refractivity contribution in [3.05, 3.63) is 97.2 Å². The zero-order valence-electron chi connectivity index (χ0n) is 48.3. The molecule has 0 bridgehead atoms. The largest absolute Gasteiger partial charge is 0.756 e. The van der Waals surface area contributed by atoms with Gasteiger partial charge < -0.3 is 27.9 Å². The molecule has 2 atom stereocenters. The second-order valence-corrected chi connectivity index (χ2v) is 22.4. The molecule has 0 radical (unpaired) electrons. The molecule has 2 unspecified atom stereocenters. The number of rotatable bonds is 54. The van der Waals surface area contributed by atoms with Crippen LogP contribution in [0.25, 0.3) is 0 Å². The maximum Gasteiger partial charge on any atom is 0.306 e. The molecular weight excluding hydrogens is 942 g/mol. The van der Waals surface area contributed by atoms with Crippen molar-refractivity contribution < 1.29 is 42.1 Å². The molecule has 74 heavy (non-hydrogen) atoms. The Morgan fingerprint density at radius 1 is 0.432 bits per heavy atom. The summed E-state index contributed by atoms with van der Waals surface area (Å²) in [6.45, 7) is 4.11. The highest BCUT2D eigenvalue weighted by Gasteiger charge is 2.22. The summed E-state index contributed by atoms with van der Waals surface area (Å²) < 4.78 is 34.2. The molecule has 0 amide bonds. The maximum absolute atomic E-state index is 12.8. The number of esters is 2. The van der Waals surface area contributed by atoms with Crippen LogP contribution < -0.4 is 4.89 Å². The van der Waals surface area contributed by atoms with Crippen LogP contribution in [0.5, 0.6) is 0 Å². The van der Waals surface area contributed by atoms with Gasteiger partial charge in [-0.2, -0.15) is 0 Å². The number of quaternary nitrogens is 1. The average molecular weight is 1050 g/mol. The predicted molar refractivity (Wildman–Crippen MR) is 314 cm³/mol. The Morgan fingerprint density at radius 2 is 0.770 bits per heavy atom. The molecule has 9 nitrogen and oxygen atoms in total. The van der Waals surface area contributed by atoms with Gasteiger partial charge in [-0.1, -0.05) is 233 Å². The number of unbranched alkanes of at least 4 members (excludes halogenated alkanes) is 24. The Bertz CT molecular complexity index is 1570. The standard InChI is InChI=1S/C64H112NO8P/c1-6-8-10-12-14-16-18-20-22-24-26-28-30-31-32-33-35-37-39-41-43-45-47-49-51-53-55-57-64(67)73-62(61-72-74(68,69)71-59-58-65(3,4)5)60-70-63(66)56-54-52-50-48-46-44-42-40-38-36-34-29-27-25-23-21-19-17-15-13-11-9-7-2/h8,10,14,16,19-22,25-28,31-32,34,36,62H,6-7,9,11-13,15,17-18,23-24,29-30,33,35,37-61H2,1-5H3/b10-8-,16-14-,21-19-,22-20-,27-25-,28-26-,32-31-,36-34-. The minimum atomic E-state index is -4.65. The quantitative estimate of drug-likeness (QED) is 0.0195. The number of phosphoric ester groups is 1. The number of allylic oxidation sites excluding steroid dienone is 16. The Hall–Kier alpha value is -3.07. The van der Waals surface area contributed by atoms with Gasteiger partial charge in [-0.05, 0) is 96.3 Å². The molecule has 0 saturated heterocycles. The van der Waals surface area contributed by atoms with Crippen molar-refractivity contribution in [2.75, 3.05) is 47.5 Å². The maximum atomic E-state index is 12.8. The lowest BCUT2D eigenvalue weighted by Gasteiger charge is -2.28. The van der Waals surface area contributed by atoms with E-state index in [1.807, 2.05) is 21.1 Å². The Kier molecular flexibility index (Phi) is 52.4. The summed E-state index contributed by atoms with van der Waals surface area (Å²) in [5.41, 5.74) is 0. The minimum absolute atomic E-state index is 0.0371. The third kappa shape index (κ3) is 58.2. The summed E-state index contributed by atoms with van der Waals surface area (Å²) >= 11 is 0. The van der Waals surface area contributed by atoms with Crippen LogP contribution in [0.3, 0.4) is 0 Å². The van der Waals surface area contributed by atoms with Gasteiger partial charge in [0.05, 0.1) is 27.7 Å². The fourth-order valence-electron chi connectivity index (χ4n) is 7.98. The first-order valence-corrected chi connectivity index (χ1v) is 31.4. The van der Waals surface area contributed by atoms with Crippen LogP contribution in [0.2, 0.25) is 0 Å². The molecule has 0 aliphatic rings. The molecule has 0 saturated carbocycles. The first-order valence-electron chi connectivity index (χ1n) is 29.9. The Labute approximate surface area is 455 Å². The minimum Gasteiger partial charge on any atom is -0.756 e. The number of carbonyl (C=O) groups is 2. The van der Waals surface area contributed by atoms with E-state index in [2.05, 4.69) is 111 Å². The van der Waals surface area contributed by atoms with Crippen LogP contribution in [0.4, 0.5) is 0 Å². The lowest BCUT2D eigenvalue weighted by Crippen LogP contribution is -2.37. The van der Waals surface area contributed by atoms with Gasteiger partial charge in [-0.15, -0.1) is 0 Å². The fourth-order valence-corrected chi connectivity index (χ4v) is 8.71. The lowest BCUT2D eigenvalue weighted by atomic mass is 10.0. The number of ether oxygens (including phenoxy) is 2. The van der Waals surface area contributed by atoms with Crippen molar-refractivity contribution in [3.63, 3.8) is 0 Å². The van der Waals surface area contributed by atoms with Gasteiger partial charge in [-0.25, -0.2) is 0 Å². The van der Waals surface area contributed by atoms with Crippen LogP contribution in [-0.2, 0) is 32.7 Å². The van der Waals surface area contributed by atoms with Gasteiger partial charge in [0, 0.05) is 12.8 Å². The first-order chi connectivity index (χ1) is 36.0. The van der Waals surface area contributed by atoms with E-state index < -0.39 is 32.5 Å². The molecule has 0 fully saturated rings. The molecule has 0 aromatic heterocycles. The number of likely N-dealkylation sites (N-methyl/N-ethyl adjacent to an activating group) is 1. The van der Waals surface area contributed by atoms with E-state index in [9.17, 15) is 19.0 Å². The van der Waals surface area contributed by atoms with Gasteiger partial charge in [0.25, 0.3) is 7.82 Å². The highest BCUT2D eigenvalue weighted by Crippen LogP contribution is 2.38. The van der Waals surface area contributed by atoms with Crippen LogP contribution >= 0.6 is 7.82 Å². The molecule has 0 aliphatic heterocycles. The van der Waals surface area contributed by atoms with Crippen molar-refractivity contribution in [3.8, 4) is 0 Å². The molecule has 0 N–H and O–H groups in total. The third-order valence-electron chi connectivity index (χ3n) is 12.6. The molecule has 426 valence electrons. The highest BCUT2D eigenvalue weighted by atomic mass is 31.2. The van der Waals surface area contributed by atoms with Crippen LogP contribution in [-0.4, -0.2) is 70.0 Å². The highest BCUT2D eigenvalue weighted by molar-refractivity contribution is 7.45. The van der Waals surface area contributed by atoms with Gasteiger partial charge in [0.15, 0.2) is 6.10 Å². The number of carbonyl (C=O) groups excluding carboxylic acids is 2. The van der Waals surface area contributed by atoms with E-state index in [0.717, 1.165) is 103 Å². The number of nitrogens with zero attached hydrogens (tertiary/aromatic N) is 1. The van der Waals surface area contributed by atoms with E-state index in [1.165, 1.54) is 109 Å². The summed E-state index contributed by atoms with van der Waals surface area (Å²) in [5.74, 6) is -0.846. The summed E-state index contributed by atoms with van der Waals surface area (Å²) in [6.07, 6.45) is 74.5. The van der Waals surface area contributed by atoms with E-state index in [1.54, 1.807) is 0 Å². The molecule has 0 spiro atoms.